The molecule has 1 aromatic rings. The van der Waals surface area contributed by atoms with E-state index in [4.69, 9.17) is 10.5 Å². The number of hydrogen-bond acceptors (Lipinski definition) is 5. The summed E-state index contributed by atoms with van der Waals surface area (Å²) in [6.07, 6.45) is 3.57. The van der Waals surface area contributed by atoms with Gasteiger partial charge in [-0.3, -0.25) is 0 Å². The Hall–Kier alpha value is -1.95. The zero-order chi connectivity index (χ0) is 20.6. The Kier molecular flexibility index (Phi) is 5.65. The molecule has 4 rings (SSSR count). The Balaban J connectivity index is 1.12. The van der Waals surface area contributed by atoms with Crippen LogP contribution in [0.4, 0.5) is 16.2 Å². The van der Waals surface area contributed by atoms with Gasteiger partial charge in [-0.2, -0.15) is 0 Å². The van der Waals surface area contributed by atoms with Crippen LogP contribution >= 0.6 is 0 Å². The van der Waals surface area contributed by atoms with Gasteiger partial charge in [0.1, 0.15) is 5.60 Å². The van der Waals surface area contributed by atoms with E-state index >= 15 is 0 Å². The Morgan fingerprint density at radius 1 is 1.14 bits per heavy atom. The maximum Gasteiger partial charge on any atom is 0.407 e. The van der Waals surface area contributed by atoms with Crippen LogP contribution < -0.4 is 16.0 Å². The van der Waals surface area contributed by atoms with Crippen molar-refractivity contribution < 1.29 is 9.53 Å². The molecule has 1 aromatic carbocycles. The first-order valence-corrected chi connectivity index (χ1v) is 11.1. The minimum Gasteiger partial charge on any atom is -0.444 e. The number of nitrogen functional groups attached to an aromatic ring is 1. The van der Waals surface area contributed by atoms with E-state index in [1.165, 1.54) is 31.5 Å². The Morgan fingerprint density at radius 2 is 1.76 bits per heavy atom. The maximum absolute atomic E-state index is 11.9. The first-order chi connectivity index (χ1) is 13.8. The molecule has 29 heavy (non-hydrogen) atoms. The van der Waals surface area contributed by atoms with E-state index in [2.05, 4.69) is 27.2 Å². The predicted molar refractivity (Wildman–Crippen MR) is 117 cm³/mol. The third kappa shape index (κ3) is 5.16. The first kappa shape index (κ1) is 20.3. The maximum atomic E-state index is 11.9. The minimum atomic E-state index is -0.427. The minimum absolute atomic E-state index is 0.267. The van der Waals surface area contributed by atoms with Crippen LogP contribution in [0, 0.1) is 17.8 Å². The van der Waals surface area contributed by atoms with E-state index in [-0.39, 0.29) is 6.09 Å². The number of hydrogen-bond donors (Lipinski definition) is 2. The van der Waals surface area contributed by atoms with Crippen LogP contribution in [0.15, 0.2) is 24.3 Å². The highest BCUT2D eigenvalue weighted by Gasteiger charge is 2.56. The van der Waals surface area contributed by atoms with Crippen molar-refractivity contribution in [1.82, 2.24) is 10.2 Å². The molecule has 3 aliphatic rings. The highest BCUT2D eigenvalue weighted by Crippen LogP contribution is 2.45. The molecule has 2 aliphatic heterocycles. The third-order valence-corrected chi connectivity index (χ3v) is 6.68. The first-order valence-electron chi connectivity index (χ1n) is 11.1. The Labute approximate surface area is 174 Å². The van der Waals surface area contributed by atoms with Gasteiger partial charge in [-0.15, -0.1) is 0 Å². The van der Waals surface area contributed by atoms with Gasteiger partial charge in [-0.25, -0.2) is 4.79 Å². The molecule has 1 saturated carbocycles. The molecule has 2 unspecified atom stereocenters. The Morgan fingerprint density at radius 3 is 2.34 bits per heavy atom. The molecule has 2 heterocycles. The normalized spacial score (nSPS) is 27.6. The van der Waals surface area contributed by atoms with Crippen molar-refractivity contribution in [2.75, 3.05) is 43.4 Å². The van der Waals surface area contributed by atoms with Gasteiger partial charge in [0.15, 0.2) is 0 Å². The Bertz CT molecular complexity index is 695. The quantitative estimate of drug-likeness (QED) is 0.742. The molecular formula is C23H36N4O2. The smallest absolute Gasteiger partial charge is 0.407 e. The average Bonchev–Trinajstić information content (AvgIpc) is 3.10. The number of anilines is 2. The molecule has 6 nitrogen and oxygen atoms in total. The van der Waals surface area contributed by atoms with Gasteiger partial charge in [0.2, 0.25) is 0 Å². The molecular weight excluding hydrogens is 364 g/mol. The van der Waals surface area contributed by atoms with E-state index in [9.17, 15) is 4.79 Å². The van der Waals surface area contributed by atoms with Crippen molar-refractivity contribution in [3.05, 3.63) is 24.3 Å². The molecule has 3 fully saturated rings. The number of carbonyl (C=O) groups is 1. The number of carbonyl (C=O) groups excluding carboxylic acids is 1. The number of rotatable bonds is 5. The molecule has 0 spiro atoms. The molecule has 3 N–H and O–H groups in total. The van der Waals surface area contributed by atoms with E-state index in [0.29, 0.717) is 17.9 Å². The van der Waals surface area contributed by atoms with Crippen LogP contribution in [-0.4, -0.2) is 55.4 Å². The highest BCUT2D eigenvalue weighted by molar-refractivity contribution is 5.68. The number of nitrogens with zero attached hydrogens (tertiary/aromatic N) is 2. The van der Waals surface area contributed by atoms with Crippen molar-refractivity contribution >= 4 is 17.5 Å². The van der Waals surface area contributed by atoms with Crippen LogP contribution in [0.5, 0.6) is 0 Å². The number of nitrogens with one attached hydrogen (secondary N) is 1. The van der Waals surface area contributed by atoms with Crippen molar-refractivity contribution in [1.29, 1.82) is 0 Å². The van der Waals surface area contributed by atoms with Gasteiger partial charge in [0.25, 0.3) is 0 Å². The van der Waals surface area contributed by atoms with E-state index in [1.807, 2.05) is 32.9 Å². The van der Waals surface area contributed by atoms with Gasteiger partial charge < -0.3 is 25.6 Å². The predicted octanol–water partition coefficient (Wildman–Crippen LogP) is 3.33. The second kappa shape index (κ2) is 8.05. The van der Waals surface area contributed by atoms with Crippen LogP contribution in [-0.2, 0) is 4.74 Å². The summed E-state index contributed by atoms with van der Waals surface area (Å²) in [6.45, 7) is 11.4. The van der Waals surface area contributed by atoms with E-state index in [0.717, 1.165) is 37.8 Å². The van der Waals surface area contributed by atoms with Gasteiger partial charge >= 0.3 is 6.09 Å². The van der Waals surface area contributed by atoms with Crippen molar-refractivity contribution in [2.45, 2.75) is 51.7 Å². The molecule has 0 radical (unpaired) electrons. The lowest BCUT2D eigenvalue weighted by atomic mass is 9.93. The number of alkyl carbamates (subject to hydrolysis) is 1. The number of fused-ring (bicyclic) bond motifs is 1. The fourth-order valence-electron chi connectivity index (χ4n) is 4.98. The summed E-state index contributed by atoms with van der Waals surface area (Å²) in [5.74, 6) is 2.07. The second-order valence-electron chi connectivity index (χ2n) is 10.1. The summed E-state index contributed by atoms with van der Waals surface area (Å²) < 4.78 is 5.38. The van der Waals surface area contributed by atoms with Gasteiger partial charge in [-0.1, -0.05) is 0 Å². The number of nitrogens with two attached hydrogens (primary N) is 1. The number of amides is 1. The number of piperidine rings is 2. The summed E-state index contributed by atoms with van der Waals surface area (Å²) in [6, 6.07) is 8.57. The van der Waals surface area contributed by atoms with Gasteiger partial charge in [0, 0.05) is 43.6 Å². The van der Waals surface area contributed by atoms with Gasteiger partial charge in [0.05, 0.1) is 0 Å². The topological polar surface area (TPSA) is 70.8 Å². The SMILES string of the molecule is CC(C)(C)OC(=O)NC1C2CN(CCC3CCN(c4ccc(N)cc4)CC3)CC21. The molecule has 0 aromatic heterocycles. The number of benzene rings is 1. The lowest BCUT2D eigenvalue weighted by Gasteiger charge is -2.34. The number of ether oxygens (including phenoxy) is 1. The standard InChI is InChI=1S/C23H36N4O2/c1-23(2,3)29-22(28)25-21-19-14-26(15-20(19)21)11-8-16-9-12-27(13-10-16)18-6-4-17(24)5-7-18/h4-7,16,19-21H,8-15,24H2,1-3H3,(H,25,28). The molecule has 6 heteroatoms. The van der Waals surface area contributed by atoms with E-state index < -0.39 is 5.60 Å². The summed E-state index contributed by atoms with van der Waals surface area (Å²) in [4.78, 5) is 17.0. The molecule has 1 aliphatic carbocycles. The third-order valence-electron chi connectivity index (χ3n) is 6.68. The van der Waals surface area contributed by atoms with Crippen LogP contribution in [0.3, 0.4) is 0 Å². The van der Waals surface area contributed by atoms with Gasteiger partial charge in [-0.05, 0) is 88.6 Å². The molecule has 2 saturated heterocycles. The van der Waals surface area contributed by atoms with Crippen molar-refractivity contribution in [3.8, 4) is 0 Å². The van der Waals surface area contributed by atoms with Crippen LogP contribution in [0.25, 0.3) is 0 Å². The largest absolute Gasteiger partial charge is 0.444 e. The molecule has 0 bridgehead atoms. The number of likely N-dealkylation sites (tertiary alicyclic amines) is 1. The summed E-state index contributed by atoms with van der Waals surface area (Å²) in [5.41, 5.74) is 7.49. The molecule has 2 atom stereocenters. The summed E-state index contributed by atoms with van der Waals surface area (Å²) >= 11 is 0. The van der Waals surface area contributed by atoms with Crippen LogP contribution in [0.1, 0.15) is 40.0 Å². The van der Waals surface area contributed by atoms with Crippen molar-refractivity contribution in [3.63, 3.8) is 0 Å². The monoisotopic (exact) mass is 400 g/mol. The second-order valence-corrected chi connectivity index (χ2v) is 10.1. The molecule has 1 amide bonds. The lowest BCUT2D eigenvalue weighted by Crippen LogP contribution is -2.39. The zero-order valence-electron chi connectivity index (χ0n) is 18.1. The van der Waals surface area contributed by atoms with E-state index in [1.54, 1.807) is 0 Å². The highest BCUT2D eigenvalue weighted by atomic mass is 16.6. The zero-order valence-corrected chi connectivity index (χ0v) is 18.1. The fraction of sp³-hybridized carbons (Fsp3) is 0.696. The summed E-state index contributed by atoms with van der Waals surface area (Å²) in [7, 11) is 0. The van der Waals surface area contributed by atoms with Crippen molar-refractivity contribution in [2.24, 2.45) is 17.8 Å². The summed E-state index contributed by atoms with van der Waals surface area (Å²) in [5, 5.41) is 3.06. The fourth-order valence-corrected chi connectivity index (χ4v) is 4.98. The average molecular weight is 401 g/mol. The molecule has 160 valence electrons. The lowest BCUT2D eigenvalue weighted by molar-refractivity contribution is 0.0513. The van der Waals surface area contributed by atoms with Crippen LogP contribution in [0.2, 0.25) is 0 Å².